The molecule has 0 aliphatic carbocycles. The summed E-state index contributed by atoms with van der Waals surface area (Å²) in [7, 11) is 0. The maximum Gasteiger partial charge on any atom is 0.257 e. The molecule has 0 radical (unpaired) electrons. The quantitative estimate of drug-likeness (QED) is 0.400. The van der Waals surface area contributed by atoms with E-state index >= 15 is 0 Å². The lowest BCUT2D eigenvalue weighted by Gasteiger charge is -2.14. The molecule has 30 heavy (non-hydrogen) atoms. The number of rotatable bonds is 8. The van der Waals surface area contributed by atoms with Crippen molar-refractivity contribution in [2.45, 2.75) is 33.3 Å². The number of hydrogen-bond donors (Lipinski definition) is 1. The third kappa shape index (κ3) is 5.68. The van der Waals surface area contributed by atoms with Gasteiger partial charge in [-0.2, -0.15) is 0 Å². The number of carbonyl (C=O) groups is 1. The zero-order valence-corrected chi connectivity index (χ0v) is 18.9. The second-order valence-corrected chi connectivity index (χ2v) is 7.75. The molecule has 1 N–H and O–H groups in total. The number of anilines is 1. The van der Waals surface area contributed by atoms with Crippen molar-refractivity contribution in [2.75, 3.05) is 11.9 Å². The molecule has 1 atom stereocenters. The number of pyridine rings is 1. The van der Waals surface area contributed by atoms with Gasteiger partial charge in [-0.1, -0.05) is 19.1 Å². The Morgan fingerprint density at radius 1 is 1.10 bits per heavy atom. The van der Waals surface area contributed by atoms with Crippen LogP contribution in [0, 0.1) is 6.92 Å². The number of aromatic nitrogens is 1. The van der Waals surface area contributed by atoms with Crippen molar-refractivity contribution < 1.29 is 14.3 Å². The van der Waals surface area contributed by atoms with Gasteiger partial charge in [-0.25, -0.2) is 0 Å². The monoisotopic (exact) mass is 468 g/mol. The van der Waals surface area contributed by atoms with Crippen molar-refractivity contribution in [3.63, 3.8) is 0 Å². The molecule has 1 heterocycles. The molecule has 0 saturated carbocycles. The summed E-state index contributed by atoms with van der Waals surface area (Å²) < 4.78 is 12.4. The molecule has 0 spiro atoms. The highest BCUT2D eigenvalue weighted by atomic mass is 79.9. The average Bonchev–Trinajstić information content (AvgIpc) is 2.74. The summed E-state index contributed by atoms with van der Waals surface area (Å²) in [6, 6.07) is 18.5. The van der Waals surface area contributed by atoms with Gasteiger partial charge in [-0.3, -0.25) is 9.78 Å². The van der Waals surface area contributed by atoms with Crippen molar-refractivity contribution >= 4 is 27.5 Å². The molecule has 5 nitrogen and oxygen atoms in total. The van der Waals surface area contributed by atoms with Gasteiger partial charge >= 0.3 is 0 Å². The number of carbonyl (C=O) groups excluding carboxylic acids is 1. The van der Waals surface area contributed by atoms with Crippen LogP contribution in [0.3, 0.4) is 0 Å². The van der Waals surface area contributed by atoms with Crippen molar-refractivity contribution in [1.82, 2.24) is 4.98 Å². The van der Waals surface area contributed by atoms with Gasteiger partial charge < -0.3 is 14.8 Å². The number of aryl methyl sites for hydroxylation is 1. The van der Waals surface area contributed by atoms with E-state index in [4.69, 9.17) is 9.47 Å². The first-order chi connectivity index (χ1) is 14.5. The van der Waals surface area contributed by atoms with E-state index in [1.165, 1.54) is 0 Å². The van der Waals surface area contributed by atoms with Crippen molar-refractivity contribution in [1.29, 1.82) is 0 Å². The van der Waals surface area contributed by atoms with Gasteiger partial charge in [0.1, 0.15) is 11.5 Å². The predicted molar refractivity (Wildman–Crippen MR) is 122 cm³/mol. The van der Waals surface area contributed by atoms with Gasteiger partial charge in [-0.15, -0.1) is 0 Å². The van der Waals surface area contributed by atoms with E-state index in [1.807, 2.05) is 68.4 Å². The van der Waals surface area contributed by atoms with Crippen molar-refractivity contribution in [3.8, 4) is 11.5 Å². The number of ether oxygens (including phenoxy) is 2. The number of para-hydroxylation sites is 1. The van der Waals surface area contributed by atoms with E-state index in [-0.39, 0.29) is 12.0 Å². The SMILES string of the molecule is CCCOC(C)c1ccc(C(=O)Nc2ccc(Oc3ccccc3Br)cc2)c(C)n1. The summed E-state index contributed by atoms with van der Waals surface area (Å²) in [6.45, 7) is 6.55. The third-order valence-corrected chi connectivity index (χ3v) is 5.17. The van der Waals surface area contributed by atoms with Crippen LogP contribution >= 0.6 is 15.9 Å². The molecule has 1 amide bonds. The molecule has 3 aromatic rings. The molecule has 2 aromatic carbocycles. The summed E-state index contributed by atoms with van der Waals surface area (Å²) in [4.78, 5) is 17.2. The highest BCUT2D eigenvalue weighted by Gasteiger charge is 2.14. The third-order valence-electron chi connectivity index (χ3n) is 4.52. The Labute approximate surface area is 185 Å². The number of benzene rings is 2. The topological polar surface area (TPSA) is 60.5 Å². The lowest BCUT2D eigenvalue weighted by molar-refractivity contribution is 0.0632. The Balaban J connectivity index is 1.65. The fourth-order valence-corrected chi connectivity index (χ4v) is 3.25. The van der Waals surface area contributed by atoms with Crippen LogP contribution in [0.25, 0.3) is 0 Å². The first kappa shape index (κ1) is 22.0. The van der Waals surface area contributed by atoms with Gasteiger partial charge in [0.2, 0.25) is 0 Å². The lowest BCUT2D eigenvalue weighted by atomic mass is 10.1. The number of hydrogen-bond acceptors (Lipinski definition) is 4. The number of halogens is 1. The van der Waals surface area contributed by atoms with Crippen LogP contribution in [0.1, 0.15) is 48.1 Å². The van der Waals surface area contributed by atoms with Crippen LogP contribution in [0.4, 0.5) is 5.69 Å². The van der Waals surface area contributed by atoms with Crippen molar-refractivity contribution in [2.24, 2.45) is 0 Å². The lowest BCUT2D eigenvalue weighted by Crippen LogP contribution is -2.15. The van der Waals surface area contributed by atoms with Gasteiger partial charge in [0.25, 0.3) is 5.91 Å². The van der Waals surface area contributed by atoms with E-state index in [0.717, 1.165) is 22.3 Å². The Kier molecular flexibility index (Phi) is 7.60. The number of nitrogens with zero attached hydrogens (tertiary/aromatic N) is 1. The minimum atomic E-state index is -0.201. The summed E-state index contributed by atoms with van der Waals surface area (Å²) in [5.41, 5.74) is 2.72. The Bertz CT molecular complexity index is 1010. The molecule has 0 fully saturated rings. The first-order valence-electron chi connectivity index (χ1n) is 9.91. The minimum Gasteiger partial charge on any atom is -0.456 e. The van der Waals surface area contributed by atoms with Gasteiger partial charge in [0.15, 0.2) is 0 Å². The van der Waals surface area contributed by atoms with Gasteiger partial charge in [-0.05, 0) is 84.7 Å². The second-order valence-electron chi connectivity index (χ2n) is 6.89. The molecule has 0 bridgehead atoms. The second kappa shape index (κ2) is 10.4. The van der Waals surface area contributed by atoms with Gasteiger partial charge in [0.05, 0.1) is 27.5 Å². The fraction of sp³-hybridized carbons (Fsp3) is 0.250. The summed E-state index contributed by atoms with van der Waals surface area (Å²) in [5, 5.41) is 2.91. The highest BCUT2D eigenvalue weighted by Crippen LogP contribution is 2.29. The van der Waals surface area contributed by atoms with Crippen molar-refractivity contribution in [3.05, 3.63) is 82.1 Å². The molecule has 0 aliphatic heterocycles. The largest absolute Gasteiger partial charge is 0.456 e. The maximum atomic E-state index is 12.7. The molecule has 1 aromatic heterocycles. The molecular formula is C24H25BrN2O3. The predicted octanol–water partition coefficient (Wildman–Crippen LogP) is 6.68. The van der Waals surface area contributed by atoms with E-state index in [1.54, 1.807) is 6.07 Å². The maximum absolute atomic E-state index is 12.7. The van der Waals surface area contributed by atoms with Crippen LogP contribution in [0.5, 0.6) is 11.5 Å². The number of amides is 1. The van der Waals surface area contributed by atoms with Gasteiger partial charge in [0, 0.05) is 12.3 Å². The molecule has 3 rings (SSSR count). The summed E-state index contributed by atoms with van der Waals surface area (Å²) >= 11 is 3.46. The standard InChI is InChI=1S/C24H25BrN2O3/c1-4-15-29-17(3)22-14-13-20(16(2)26-22)24(28)27-18-9-11-19(12-10-18)30-23-8-6-5-7-21(23)25/h5-14,17H,4,15H2,1-3H3,(H,27,28). The Hall–Kier alpha value is -2.70. The van der Waals surface area contributed by atoms with Crippen LogP contribution in [0.2, 0.25) is 0 Å². The molecule has 156 valence electrons. The van der Waals surface area contributed by atoms with E-state index in [0.29, 0.717) is 29.3 Å². The fourth-order valence-electron chi connectivity index (χ4n) is 2.89. The summed E-state index contributed by atoms with van der Waals surface area (Å²) in [6.07, 6.45) is 0.856. The molecule has 0 saturated heterocycles. The smallest absolute Gasteiger partial charge is 0.257 e. The molecular weight excluding hydrogens is 444 g/mol. The summed E-state index contributed by atoms with van der Waals surface area (Å²) in [5.74, 6) is 1.21. The molecule has 6 heteroatoms. The highest BCUT2D eigenvalue weighted by molar-refractivity contribution is 9.10. The molecule has 1 unspecified atom stereocenters. The number of nitrogens with one attached hydrogen (secondary N) is 1. The zero-order valence-electron chi connectivity index (χ0n) is 17.3. The minimum absolute atomic E-state index is 0.0991. The Morgan fingerprint density at radius 2 is 1.83 bits per heavy atom. The van der Waals surface area contributed by atoms with E-state index in [9.17, 15) is 4.79 Å². The average molecular weight is 469 g/mol. The van der Waals surface area contributed by atoms with Crippen LogP contribution in [-0.2, 0) is 4.74 Å². The Morgan fingerprint density at radius 3 is 2.50 bits per heavy atom. The van der Waals surface area contributed by atoms with E-state index in [2.05, 4.69) is 33.2 Å². The molecule has 0 aliphatic rings. The van der Waals surface area contributed by atoms with Crippen LogP contribution in [-0.4, -0.2) is 17.5 Å². The first-order valence-corrected chi connectivity index (χ1v) is 10.7. The zero-order chi connectivity index (χ0) is 21.5. The normalized spacial score (nSPS) is 11.7. The van der Waals surface area contributed by atoms with E-state index < -0.39 is 0 Å². The van der Waals surface area contributed by atoms with Crippen LogP contribution < -0.4 is 10.1 Å². The van der Waals surface area contributed by atoms with Crippen LogP contribution in [0.15, 0.2) is 65.1 Å².